The fourth-order valence-electron chi connectivity index (χ4n) is 2.35. The molecule has 1 aromatic heterocycles. The van der Waals surface area contributed by atoms with Crippen LogP contribution in [0.2, 0.25) is 5.28 Å². The van der Waals surface area contributed by atoms with Crippen molar-refractivity contribution in [1.29, 1.82) is 0 Å². The molecule has 13 heavy (non-hydrogen) atoms. The summed E-state index contributed by atoms with van der Waals surface area (Å²) in [5.74, 6) is 0. The molecular weight excluding hydrogens is 190 g/mol. The smallest absolute Gasteiger partial charge is 0.225 e. The molecule has 0 radical (unpaired) electrons. The Balaban J connectivity index is 1.91. The number of rotatable bonds is 1. The second-order valence-corrected chi connectivity index (χ2v) is 4.02. The number of ether oxygens (including phenoxy) is 1. The molecule has 0 saturated carbocycles. The Morgan fingerprint density at radius 1 is 1.54 bits per heavy atom. The third-order valence-electron chi connectivity index (χ3n) is 2.96. The monoisotopic (exact) mass is 199 g/mol. The fourth-order valence-corrected chi connectivity index (χ4v) is 2.57. The van der Waals surface area contributed by atoms with Crippen molar-refractivity contribution in [2.24, 2.45) is 0 Å². The average molecular weight is 200 g/mol. The Morgan fingerprint density at radius 3 is 3.00 bits per heavy atom. The molecule has 3 heterocycles. The van der Waals surface area contributed by atoms with E-state index < -0.39 is 0 Å². The van der Waals surface area contributed by atoms with Crippen LogP contribution in [0.5, 0.6) is 0 Å². The van der Waals surface area contributed by atoms with Gasteiger partial charge in [0.05, 0.1) is 18.2 Å². The van der Waals surface area contributed by atoms with Crippen LogP contribution in [0.15, 0.2) is 6.33 Å². The molecule has 0 amide bonds. The minimum absolute atomic E-state index is 0.332. The van der Waals surface area contributed by atoms with E-state index in [1.54, 1.807) is 6.33 Å². The summed E-state index contributed by atoms with van der Waals surface area (Å²) in [4.78, 5) is 0. The van der Waals surface area contributed by atoms with E-state index >= 15 is 0 Å². The van der Waals surface area contributed by atoms with Gasteiger partial charge in [0.25, 0.3) is 0 Å². The van der Waals surface area contributed by atoms with Gasteiger partial charge in [0, 0.05) is 0 Å². The lowest BCUT2D eigenvalue weighted by molar-refractivity contribution is 0.0938. The van der Waals surface area contributed by atoms with E-state index in [4.69, 9.17) is 16.3 Å². The quantitative estimate of drug-likeness (QED) is 0.687. The predicted molar refractivity (Wildman–Crippen MR) is 46.6 cm³/mol. The van der Waals surface area contributed by atoms with E-state index in [0.29, 0.717) is 23.5 Å². The molecule has 0 aliphatic carbocycles. The van der Waals surface area contributed by atoms with Gasteiger partial charge < -0.3 is 4.74 Å². The van der Waals surface area contributed by atoms with Gasteiger partial charge in [-0.3, -0.25) is 4.57 Å². The normalized spacial score (nSPS) is 37.2. The van der Waals surface area contributed by atoms with Gasteiger partial charge in [-0.2, -0.15) is 0 Å². The fraction of sp³-hybridized carbons (Fsp3) is 0.750. The summed E-state index contributed by atoms with van der Waals surface area (Å²) in [6.45, 7) is 0. The van der Waals surface area contributed by atoms with E-state index in [1.165, 1.54) is 6.42 Å². The lowest BCUT2D eigenvalue weighted by Crippen LogP contribution is -2.20. The number of aromatic nitrogens is 3. The second kappa shape index (κ2) is 2.69. The summed E-state index contributed by atoms with van der Waals surface area (Å²) < 4.78 is 7.65. The van der Waals surface area contributed by atoms with Crippen molar-refractivity contribution in [2.45, 2.75) is 37.5 Å². The number of halogens is 1. The van der Waals surface area contributed by atoms with Gasteiger partial charge in [-0.05, 0) is 30.9 Å². The Labute approximate surface area is 80.9 Å². The van der Waals surface area contributed by atoms with Crippen molar-refractivity contribution in [1.82, 2.24) is 14.8 Å². The molecule has 2 aliphatic rings. The number of fused-ring (bicyclic) bond motifs is 2. The Morgan fingerprint density at radius 2 is 2.46 bits per heavy atom. The summed E-state index contributed by atoms with van der Waals surface area (Å²) >= 11 is 5.89. The van der Waals surface area contributed by atoms with Crippen LogP contribution in [0.25, 0.3) is 0 Å². The number of nitrogens with zero attached hydrogens (tertiary/aromatic N) is 3. The molecule has 0 N–H and O–H groups in total. The van der Waals surface area contributed by atoms with Crippen LogP contribution in [-0.2, 0) is 4.74 Å². The highest BCUT2D eigenvalue weighted by Gasteiger charge is 2.42. The zero-order valence-corrected chi connectivity index (χ0v) is 7.81. The highest BCUT2D eigenvalue weighted by molar-refractivity contribution is 6.28. The summed E-state index contributed by atoms with van der Waals surface area (Å²) in [5, 5.41) is 8.02. The number of hydrogen-bond donors (Lipinski definition) is 0. The lowest BCUT2D eigenvalue weighted by Gasteiger charge is -2.19. The molecule has 2 bridgehead atoms. The topological polar surface area (TPSA) is 39.9 Å². The minimum Gasteiger partial charge on any atom is -0.373 e. The standard InChI is InChI=1S/C8H10ClN3O/c9-8-11-10-4-12(8)6-3-5-1-2-7(6)13-5/h4-7H,1-3H2. The largest absolute Gasteiger partial charge is 0.373 e. The van der Waals surface area contributed by atoms with Crippen molar-refractivity contribution in [3.8, 4) is 0 Å². The van der Waals surface area contributed by atoms with Crippen molar-refractivity contribution in [3.63, 3.8) is 0 Å². The third-order valence-corrected chi connectivity index (χ3v) is 3.23. The molecule has 3 rings (SSSR count). The van der Waals surface area contributed by atoms with Crippen molar-refractivity contribution < 1.29 is 4.74 Å². The van der Waals surface area contributed by atoms with Crippen LogP contribution < -0.4 is 0 Å². The first kappa shape index (κ1) is 7.76. The van der Waals surface area contributed by atoms with E-state index in [1.807, 2.05) is 4.57 Å². The Bertz CT molecular complexity index is 327. The Hall–Kier alpha value is -0.610. The first-order chi connectivity index (χ1) is 6.34. The maximum absolute atomic E-state index is 5.89. The molecule has 4 nitrogen and oxygen atoms in total. The highest BCUT2D eigenvalue weighted by atomic mass is 35.5. The highest BCUT2D eigenvalue weighted by Crippen LogP contribution is 2.42. The number of hydrogen-bond acceptors (Lipinski definition) is 3. The maximum Gasteiger partial charge on any atom is 0.225 e. The van der Waals surface area contributed by atoms with Gasteiger partial charge >= 0.3 is 0 Å². The molecular formula is C8H10ClN3O. The molecule has 0 aromatic carbocycles. The molecule has 3 atom stereocenters. The Kier molecular flexibility index (Phi) is 1.60. The molecule has 2 aliphatic heterocycles. The molecule has 3 unspecified atom stereocenters. The third kappa shape index (κ3) is 1.09. The van der Waals surface area contributed by atoms with Crippen molar-refractivity contribution >= 4 is 11.6 Å². The lowest BCUT2D eigenvalue weighted by atomic mass is 9.95. The molecule has 5 heteroatoms. The molecule has 2 saturated heterocycles. The first-order valence-corrected chi connectivity index (χ1v) is 4.93. The van der Waals surface area contributed by atoms with Gasteiger partial charge in [0.1, 0.15) is 6.33 Å². The van der Waals surface area contributed by atoms with Gasteiger partial charge in [-0.25, -0.2) is 0 Å². The average Bonchev–Trinajstić information content (AvgIpc) is 2.77. The zero-order valence-electron chi connectivity index (χ0n) is 7.06. The van der Waals surface area contributed by atoms with Crippen LogP contribution >= 0.6 is 11.6 Å². The van der Waals surface area contributed by atoms with Crippen LogP contribution in [0.3, 0.4) is 0 Å². The second-order valence-electron chi connectivity index (χ2n) is 3.68. The predicted octanol–water partition coefficient (Wildman–Crippen LogP) is 1.42. The van der Waals surface area contributed by atoms with E-state index in [0.717, 1.165) is 12.8 Å². The summed E-state index contributed by atoms with van der Waals surface area (Å²) in [7, 11) is 0. The molecule has 70 valence electrons. The van der Waals surface area contributed by atoms with Crippen molar-refractivity contribution in [2.75, 3.05) is 0 Å². The summed E-state index contributed by atoms with van der Waals surface area (Å²) in [6.07, 6.45) is 5.86. The van der Waals surface area contributed by atoms with Crippen LogP contribution in [0.4, 0.5) is 0 Å². The molecule has 1 aromatic rings. The molecule has 0 spiro atoms. The van der Waals surface area contributed by atoms with Crippen molar-refractivity contribution in [3.05, 3.63) is 11.6 Å². The SMILES string of the molecule is Clc1nncn1C1CC2CCC1O2. The van der Waals surface area contributed by atoms with E-state index in [-0.39, 0.29) is 0 Å². The van der Waals surface area contributed by atoms with Gasteiger partial charge in [-0.15, -0.1) is 10.2 Å². The van der Waals surface area contributed by atoms with E-state index in [2.05, 4.69) is 10.2 Å². The maximum atomic E-state index is 5.89. The van der Waals surface area contributed by atoms with Crippen LogP contribution in [-0.4, -0.2) is 27.0 Å². The summed E-state index contributed by atoms with van der Waals surface area (Å²) in [5.41, 5.74) is 0. The van der Waals surface area contributed by atoms with Gasteiger partial charge in [-0.1, -0.05) is 0 Å². The minimum atomic E-state index is 0.332. The van der Waals surface area contributed by atoms with Gasteiger partial charge in [0.15, 0.2) is 0 Å². The van der Waals surface area contributed by atoms with E-state index in [9.17, 15) is 0 Å². The first-order valence-electron chi connectivity index (χ1n) is 4.55. The van der Waals surface area contributed by atoms with Crippen LogP contribution in [0, 0.1) is 0 Å². The zero-order chi connectivity index (χ0) is 8.84. The van der Waals surface area contributed by atoms with Gasteiger partial charge in [0.2, 0.25) is 5.28 Å². The molecule has 2 fully saturated rings. The van der Waals surface area contributed by atoms with Crippen LogP contribution in [0.1, 0.15) is 25.3 Å². The summed E-state index contributed by atoms with van der Waals surface area (Å²) in [6, 6.07) is 0.362.